The summed E-state index contributed by atoms with van der Waals surface area (Å²) in [5, 5.41) is 9.76. The molecule has 2 aromatic carbocycles. The lowest BCUT2D eigenvalue weighted by molar-refractivity contribution is 0.122. The first-order valence-corrected chi connectivity index (χ1v) is 9.63. The van der Waals surface area contributed by atoms with Gasteiger partial charge in [0.25, 0.3) is 0 Å². The lowest BCUT2D eigenvalue weighted by Crippen LogP contribution is -2.36. The maximum Gasteiger partial charge on any atom is 0.202 e. The van der Waals surface area contributed by atoms with E-state index in [0.29, 0.717) is 11.6 Å². The number of nitrogens with zero attached hydrogens (tertiary/aromatic N) is 2. The van der Waals surface area contributed by atoms with Crippen molar-refractivity contribution >= 4 is 28.7 Å². The molecule has 5 N–H and O–H groups in total. The van der Waals surface area contributed by atoms with Crippen molar-refractivity contribution in [1.82, 2.24) is 5.32 Å². The van der Waals surface area contributed by atoms with Gasteiger partial charge in [0.05, 0.1) is 37.4 Å². The molecule has 0 amide bonds. The number of nitrogens with two attached hydrogens (primary N) is 1. The Morgan fingerprint density at radius 3 is 2.79 bits per heavy atom. The molecule has 0 aromatic heterocycles. The molecule has 29 heavy (non-hydrogen) atoms. The second-order valence-electron chi connectivity index (χ2n) is 6.77. The number of nitrogen functional groups attached to an aromatic ring is 1. The zero-order chi connectivity index (χ0) is 20.1. The fourth-order valence-electron chi connectivity index (χ4n) is 3.30. The van der Waals surface area contributed by atoms with E-state index in [1.807, 2.05) is 48.7 Å². The molecule has 1 saturated heterocycles. The minimum Gasteiger partial charge on any atom is -0.494 e. The average Bonchev–Trinajstić information content (AvgIpc) is 2.76. The van der Waals surface area contributed by atoms with Gasteiger partial charge in [-0.15, -0.1) is 0 Å². The average molecular weight is 394 g/mol. The van der Waals surface area contributed by atoms with Crippen LogP contribution >= 0.6 is 0 Å². The van der Waals surface area contributed by atoms with E-state index in [0.717, 1.165) is 49.1 Å². The summed E-state index contributed by atoms with van der Waals surface area (Å²) in [6.07, 6.45) is 3.54. The Hall–Kier alpha value is -3.39. The lowest BCUT2D eigenvalue weighted by Gasteiger charge is -2.29. The molecule has 1 fully saturated rings. The van der Waals surface area contributed by atoms with Gasteiger partial charge >= 0.3 is 0 Å². The number of guanidine groups is 1. The van der Waals surface area contributed by atoms with Crippen molar-refractivity contribution in [3.8, 4) is 5.75 Å². The fraction of sp³-hybridized carbons (Fsp3) is 0.286. The Morgan fingerprint density at radius 1 is 1.17 bits per heavy atom. The maximum absolute atomic E-state index is 6.01. The molecule has 2 heterocycles. The van der Waals surface area contributed by atoms with Crippen LogP contribution in [0.4, 0.5) is 22.7 Å². The summed E-state index contributed by atoms with van der Waals surface area (Å²) in [6.45, 7) is 3.25. The second-order valence-corrected chi connectivity index (χ2v) is 6.77. The number of anilines is 4. The first kappa shape index (κ1) is 18.9. The van der Waals surface area contributed by atoms with Gasteiger partial charge < -0.3 is 36.1 Å². The fourth-order valence-corrected chi connectivity index (χ4v) is 3.30. The Kier molecular flexibility index (Phi) is 5.71. The van der Waals surface area contributed by atoms with Crippen molar-refractivity contribution in [2.45, 2.75) is 6.17 Å². The van der Waals surface area contributed by atoms with Crippen LogP contribution in [0.25, 0.3) is 0 Å². The number of hydrogen-bond donors (Lipinski definition) is 4. The molecular formula is C21H26N6O2. The first-order valence-electron chi connectivity index (χ1n) is 9.63. The van der Waals surface area contributed by atoms with Gasteiger partial charge in [0, 0.05) is 31.0 Å². The minimum absolute atomic E-state index is 0.234. The summed E-state index contributed by atoms with van der Waals surface area (Å²) < 4.78 is 11.0. The topological polar surface area (TPSA) is 96.2 Å². The number of para-hydroxylation sites is 2. The highest BCUT2D eigenvalue weighted by Gasteiger charge is 2.16. The van der Waals surface area contributed by atoms with Crippen molar-refractivity contribution in [2.75, 3.05) is 54.7 Å². The van der Waals surface area contributed by atoms with Crippen LogP contribution in [0, 0.1) is 0 Å². The van der Waals surface area contributed by atoms with Crippen LogP contribution in [0.3, 0.4) is 0 Å². The summed E-state index contributed by atoms with van der Waals surface area (Å²) in [5.74, 6) is 1.38. The summed E-state index contributed by atoms with van der Waals surface area (Å²) >= 11 is 0. The van der Waals surface area contributed by atoms with E-state index in [-0.39, 0.29) is 6.17 Å². The van der Waals surface area contributed by atoms with E-state index in [1.54, 1.807) is 7.11 Å². The predicted octanol–water partition coefficient (Wildman–Crippen LogP) is 2.44. The van der Waals surface area contributed by atoms with E-state index in [2.05, 4.69) is 31.9 Å². The summed E-state index contributed by atoms with van der Waals surface area (Å²) in [5.41, 5.74) is 9.50. The number of ether oxygens (including phenoxy) is 2. The van der Waals surface area contributed by atoms with Crippen molar-refractivity contribution < 1.29 is 9.47 Å². The molecule has 152 valence electrons. The first-order chi connectivity index (χ1) is 14.2. The molecule has 0 bridgehead atoms. The van der Waals surface area contributed by atoms with Crippen LogP contribution in [0.2, 0.25) is 0 Å². The van der Waals surface area contributed by atoms with Crippen LogP contribution in [-0.2, 0) is 4.74 Å². The number of methoxy groups -OCH3 is 1. The summed E-state index contributed by atoms with van der Waals surface area (Å²) in [6, 6.07) is 13.8. The van der Waals surface area contributed by atoms with Crippen molar-refractivity contribution in [3.63, 3.8) is 0 Å². The molecule has 0 radical (unpaired) electrons. The number of hydrogen-bond acceptors (Lipinski definition) is 8. The van der Waals surface area contributed by atoms with E-state index in [4.69, 9.17) is 15.2 Å². The predicted molar refractivity (Wildman–Crippen MR) is 118 cm³/mol. The van der Waals surface area contributed by atoms with Crippen LogP contribution < -0.4 is 31.3 Å². The number of aliphatic imine (C=N–C) groups is 1. The van der Waals surface area contributed by atoms with Crippen LogP contribution in [0.5, 0.6) is 5.75 Å². The van der Waals surface area contributed by atoms with E-state index < -0.39 is 0 Å². The molecule has 0 spiro atoms. The van der Waals surface area contributed by atoms with Crippen molar-refractivity contribution in [3.05, 3.63) is 54.7 Å². The van der Waals surface area contributed by atoms with Gasteiger partial charge in [0.1, 0.15) is 11.9 Å². The molecule has 0 aliphatic carbocycles. The quantitative estimate of drug-likeness (QED) is 0.579. The third-order valence-electron chi connectivity index (χ3n) is 4.85. The largest absolute Gasteiger partial charge is 0.494 e. The van der Waals surface area contributed by atoms with E-state index in [1.165, 1.54) is 0 Å². The zero-order valence-corrected chi connectivity index (χ0v) is 16.4. The van der Waals surface area contributed by atoms with Crippen LogP contribution in [0.15, 0.2) is 59.7 Å². The third-order valence-corrected chi connectivity index (χ3v) is 4.85. The standard InChI is InChI=1S/C21H26N6O2/c1-28-19-14-15(27-10-12-29-13-11-27)6-7-18(19)25-21-23-9-8-20(26-21)24-17-5-3-2-4-16(17)22/h2-9,14,20,24H,10-13,22H2,1H3,(H2,23,25,26). The van der Waals surface area contributed by atoms with Gasteiger partial charge in [-0.25, -0.2) is 4.99 Å². The van der Waals surface area contributed by atoms with Gasteiger partial charge in [-0.3, -0.25) is 0 Å². The molecule has 1 unspecified atom stereocenters. The lowest BCUT2D eigenvalue weighted by atomic mass is 10.2. The summed E-state index contributed by atoms with van der Waals surface area (Å²) in [7, 11) is 1.67. The highest BCUT2D eigenvalue weighted by molar-refractivity contribution is 5.96. The normalized spacial score (nSPS) is 18.6. The monoisotopic (exact) mass is 394 g/mol. The van der Waals surface area contributed by atoms with E-state index in [9.17, 15) is 0 Å². The SMILES string of the molecule is COc1cc(N2CCOCC2)ccc1NC1=NC(Nc2ccccc2N)C=CN1. The van der Waals surface area contributed by atoms with Gasteiger partial charge in [-0.2, -0.15) is 0 Å². The molecule has 2 aliphatic heterocycles. The molecule has 2 aromatic rings. The summed E-state index contributed by atoms with van der Waals surface area (Å²) in [4.78, 5) is 6.95. The zero-order valence-electron chi connectivity index (χ0n) is 16.4. The highest BCUT2D eigenvalue weighted by atomic mass is 16.5. The Balaban J connectivity index is 1.47. The van der Waals surface area contributed by atoms with Crippen molar-refractivity contribution in [1.29, 1.82) is 0 Å². The Labute approximate surface area is 170 Å². The van der Waals surface area contributed by atoms with Gasteiger partial charge in [0.15, 0.2) is 0 Å². The van der Waals surface area contributed by atoms with Crippen molar-refractivity contribution in [2.24, 2.45) is 4.99 Å². The van der Waals surface area contributed by atoms with Gasteiger partial charge in [0.2, 0.25) is 5.96 Å². The molecule has 1 atom stereocenters. The number of nitrogens with one attached hydrogen (secondary N) is 3. The molecule has 2 aliphatic rings. The van der Waals surface area contributed by atoms with Gasteiger partial charge in [-0.05, 0) is 30.3 Å². The van der Waals surface area contributed by atoms with E-state index >= 15 is 0 Å². The Morgan fingerprint density at radius 2 is 2.00 bits per heavy atom. The number of morpholine rings is 1. The molecule has 8 nitrogen and oxygen atoms in total. The highest BCUT2D eigenvalue weighted by Crippen LogP contribution is 2.30. The molecular weight excluding hydrogens is 368 g/mol. The smallest absolute Gasteiger partial charge is 0.202 e. The minimum atomic E-state index is -0.234. The Bertz CT molecular complexity index is 908. The van der Waals surface area contributed by atoms with Crippen LogP contribution in [-0.4, -0.2) is 45.5 Å². The molecule has 0 saturated carbocycles. The molecule has 4 rings (SSSR count). The second kappa shape index (κ2) is 8.74. The third kappa shape index (κ3) is 4.55. The number of rotatable bonds is 5. The maximum atomic E-state index is 6.01. The number of benzene rings is 2. The van der Waals surface area contributed by atoms with Gasteiger partial charge in [-0.1, -0.05) is 12.1 Å². The van der Waals surface area contributed by atoms with Crippen LogP contribution in [0.1, 0.15) is 0 Å². The molecule has 8 heteroatoms.